The van der Waals surface area contributed by atoms with Gasteiger partial charge in [-0.1, -0.05) is 12.8 Å². The van der Waals surface area contributed by atoms with Crippen molar-refractivity contribution in [3.8, 4) is 0 Å². The number of hydrogen-bond donors (Lipinski definition) is 1. The van der Waals surface area contributed by atoms with Gasteiger partial charge in [-0.05, 0) is 45.9 Å². The first-order valence-electron chi connectivity index (χ1n) is 8.09. The summed E-state index contributed by atoms with van der Waals surface area (Å²) in [6, 6.07) is 0.799. The van der Waals surface area contributed by atoms with E-state index in [9.17, 15) is 0 Å². The number of nitrogens with one attached hydrogen (secondary N) is 1. The zero-order valence-electron chi connectivity index (χ0n) is 12.6. The monoisotopic (exact) mass is 269 g/mol. The smallest absolute Gasteiger partial charge is 0.0594 e. The van der Waals surface area contributed by atoms with E-state index in [1.165, 1.54) is 58.3 Å². The van der Waals surface area contributed by atoms with Crippen LogP contribution >= 0.6 is 0 Å². The average Bonchev–Trinajstić information content (AvgIpc) is 2.92. The van der Waals surface area contributed by atoms with Gasteiger partial charge >= 0.3 is 0 Å². The maximum absolute atomic E-state index is 5.44. The Morgan fingerprint density at radius 2 is 1.84 bits per heavy atom. The molecule has 0 saturated carbocycles. The van der Waals surface area contributed by atoms with E-state index in [1.54, 1.807) is 0 Å². The molecule has 0 radical (unpaired) electrons. The van der Waals surface area contributed by atoms with Crippen LogP contribution < -0.4 is 5.32 Å². The van der Waals surface area contributed by atoms with E-state index >= 15 is 0 Å². The number of morpholine rings is 1. The predicted octanol–water partition coefficient (Wildman–Crippen LogP) is 1.17. The summed E-state index contributed by atoms with van der Waals surface area (Å²) in [7, 11) is 2.04. The lowest BCUT2D eigenvalue weighted by Crippen LogP contribution is -2.44. The van der Waals surface area contributed by atoms with Crippen molar-refractivity contribution in [1.82, 2.24) is 15.1 Å². The number of ether oxygens (including phenoxy) is 1. The maximum Gasteiger partial charge on any atom is 0.0594 e. The van der Waals surface area contributed by atoms with Crippen molar-refractivity contribution in [2.24, 2.45) is 0 Å². The SMILES string of the molecule is CNCCCCCCN1CCC(N2CCOCC2)C1. The van der Waals surface area contributed by atoms with E-state index in [-0.39, 0.29) is 0 Å². The van der Waals surface area contributed by atoms with E-state index in [1.807, 2.05) is 7.05 Å². The molecule has 2 aliphatic heterocycles. The fourth-order valence-electron chi connectivity index (χ4n) is 3.25. The third-order valence-electron chi connectivity index (χ3n) is 4.46. The molecule has 2 fully saturated rings. The van der Waals surface area contributed by atoms with Crippen LogP contribution in [-0.4, -0.2) is 75.4 Å². The van der Waals surface area contributed by atoms with Crippen LogP contribution in [0.2, 0.25) is 0 Å². The van der Waals surface area contributed by atoms with Crippen molar-refractivity contribution in [2.45, 2.75) is 38.1 Å². The highest BCUT2D eigenvalue weighted by Crippen LogP contribution is 2.17. The molecule has 1 N–H and O–H groups in total. The molecular formula is C15H31N3O. The fraction of sp³-hybridized carbons (Fsp3) is 1.00. The van der Waals surface area contributed by atoms with Gasteiger partial charge in [-0.25, -0.2) is 0 Å². The maximum atomic E-state index is 5.44. The largest absolute Gasteiger partial charge is 0.379 e. The van der Waals surface area contributed by atoms with Crippen molar-refractivity contribution in [3.63, 3.8) is 0 Å². The molecule has 2 saturated heterocycles. The molecule has 0 aliphatic carbocycles. The molecule has 0 aromatic heterocycles. The Morgan fingerprint density at radius 3 is 2.63 bits per heavy atom. The molecular weight excluding hydrogens is 238 g/mol. The summed E-state index contributed by atoms with van der Waals surface area (Å²) in [4.78, 5) is 5.30. The molecule has 0 aromatic rings. The minimum atomic E-state index is 0.799. The normalized spacial score (nSPS) is 26.1. The van der Waals surface area contributed by atoms with Gasteiger partial charge in [0, 0.05) is 25.7 Å². The second kappa shape index (κ2) is 8.90. The summed E-state index contributed by atoms with van der Waals surface area (Å²) in [6.07, 6.45) is 6.83. The minimum Gasteiger partial charge on any atom is -0.379 e. The van der Waals surface area contributed by atoms with Crippen LogP contribution in [0.15, 0.2) is 0 Å². The predicted molar refractivity (Wildman–Crippen MR) is 79.6 cm³/mol. The van der Waals surface area contributed by atoms with Gasteiger partial charge in [-0.3, -0.25) is 4.90 Å². The zero-order valence-corrected chi connectivity index (χ0v) is 12.6. The van der Waals surface area contributed by atoms with E-state index in [2.05, 4.69) is 15.1 Å². The van der Waals surface area contributed by atoms with Gasteiger partial charge in [0.05, 0.1) is 13.2 Å². The highest BCUT2D eigenvalue weighted by Gasteiger charge is 2.28. The van der Waals surface area contributed by atoms with Crippen molar-refractivity contribution >= 4 is 0 Å². The second-order valence-electron chi connectivity index (χ2n) is 5.91. The van der Waals surface area contributed by atoms with Gasteiger partial charge in [-0.15, -0.1) is 0 Å². The van der Waals surface area contributed by atoms with Crippen LogP contribution in [0.5, 0.6) is 0 Å². The summed E-state index contributed by atoms with van der Waals surface area (Å²) in [5.74, 6) is 0. The highest BCUT2D eigenvalue weighted by atomic mass is 16.5. The van der Waals surface area contributed by atoms with Crippen LogP contribution in [0.1, 0.15) is 32.1 Å². The molecule has 0 aromatic carbocycles. The van der Waals surface area contributed by atoms with Gasteiger partial charge in [0.25, 0.3) is 0 Å². The molecule has 4 heteroatoms. The first-order valence-corrected chi connectivity index (χ1v) is 8.09. The quantitative estimate of drug-likeness (QED) is 0.670. The summed E-state index contributed by atoms with van der Waals surface area (Å²) < 4.78 is 5.44. The van der Waals surface area contributed by atoms with Crippen molar-refractivity contribution in [2.75, 3.05) is 59.5 Å². The average molecular weight is 269 g/mol. The number of rotatable bonds is 8. The van der Waals surface area contributed by atoms with Crippen molar-refractivity contribution in [1.29, 1.82) is 0 Å². The van der Waals surface area contributed by atoms with Gasteiger partial charge in [0.15, 0.2) is 0 Å². The van der Waals surface area contributed by atoms with Crippen molar-refractivity contribution in [3.05, 3.63) is 0 Å². The van der Waals surface area contributed by atoms with E-state index < -0.39 is 0 Å². The molecule has 2 aliphatic rings. The molecule has 2 heterocycles. The molecule has 1 atom stereocenters. The lowest BCUT2D eigenvalue weighted by Gasteiger charge is -2.32. The molecule has 112 valence electrons. The van der Waals surface area contributed by atoms with Gasteiger partial charge < -0.3 is 15.0 Å². The molecule has 4 nitrogen and oxygen atoms in total. The first-order chi connectivity index (χ1) is 9.40. The fourth-order valence-corrected chi connectivity index (χ4v) is 3.25. The number of nitrogens with zero attached hydrogens (tertiary/aromatic N) is 2. The molecule has 0 amide bonds. The summed E-state index contributed by atoms with van der Waals surface area (Å²) >= 11 is 0. The highest BCUT2D eigenvalue weighted by molar-refractivity contribution is 4.84. The van der Waals surface area contributed by atoms with Crippen LogP contribution in [0.25, 0.3) is 0 Å². The Bertz CT molecular complexity index is 231. The first kappa shape index (κ1) is 15.2. The second-order valence-corrected chi connectivity index (χ2v) is 5.91. The van der Waals surface area contributed by atoms with Crippen LogP contribution in [0, 0.1) is 0 Å². The minimum absolute atomic E-state index is 0.799. The Hall–Kier alpha value is -0.160. The number of likely N-dealkylation sites (tertiary alicyclic amines) is 1. The molecule has 1 unspecified atom stereocenters. The Kier molecular flexibility index (Phi) is 7.14. The number of unbranched alkanes of at least 4 members (excludes halogenated alkanes) is 3. The van der Waals surface area contributed by atoms with E-state index in [4.69, 9.17) is 4.74 Å². The molecule has 19 heavy (non-hydrogen) atoms. The topological polar surface area (TPSA) is 27.7 Å². The summed E-state index contributed by atoms with van der Waals surface area (Å²) in [5.41, 5.74) is 0. The van der Waals surface area contributed by atoms with E-state index in [0.29, 0.717) is 0 Å². The van der Waals surface area contributed by atoms with Crippen LogP contribution in [0.3, 0.4) is 0 Å². The third-order valence-corrected chi connectivity index (χ3v) is 4.46. The summed E-state index contributed by atoms with van der Waals surface area (Å²) in [6.45, 7) is 9.22. The lowest BCUT2D eigenvalue weighted by atomic mass is 10.2. The molecule has 0 bridgehead atoms. The van der Waals surface area contributed by atoms with Crippen LogP contribution in [-0.2, 0) is 4.74 Å². The molecule has 2 rings (SSSR count). The van der Waals surface area contributed by atoms with Gasteiger partial charge in [0.2, 0.25) is 0 Å². The Morgan fingerprint density at radius 1 is 1.05 bits per heavy atom. The van der Waals surface area contributed by atoms with Crippen molar-refractivity contribution < 1.29 is 4.74 Å². The standard InChI is InChI=1S/C15H31N3O/c1-16-7-4-2-3-5-8-17-9-6-15(14-17)18-10-12-19-13-11-18/h15-16H,2-14H2,1H3. The summed E-state index contributed by atoms with van der Waals surface area (Å²) in [5, 5.41) is 3.22. The van der Waals surface area contributed by atoms with Gasteiger partial charge in [-0.2, -0.15) is 0 Å². The Balaban J connectivity index is 1.52. The third kappa shape index (κ3) is 5.38. The molecule has 0 spiro atoms. The zero-order chi connectivity index (χ0) is 13.3. The van der Waals surface area contributed by atoms with Gasteiger partial charge in [0.1, 0.15) is 0 Å². The number of hydrogen-bond acceptors (Lipinski definition) is 4. The Labute approximate surface area is 118 Å². The van der Waals surface area contributed by atoms with E-state index in [0.717, 1.165) is 32.3 Å². The lowest BCUT2D eigenvalue weighted by molar-refractivity contribution is 0.0185. The van der Waals surface area contributed by atoms with Crippen LogP contribution in [0.4, 0.5) is 0 Å².